The summed E-state index contributed by atoms with van der Waals surface area (Å²) in [6, 6.07) is 0. The van der Waals surface area contributed by atoms with Crippen LogP contribution in [0.3, 0.4) is 0 Å². The van der Waals surface area contributed by atoms with Gasteiger partial charge < -0.3 is 20.1 Å². The van der Waals surface area contributed by atoms with Crippen LogP contribution in [0.2, 0.25) is 0 Å². The van der Waals surface area contributed by atoms with E-state index in [1.807, 2.05) is 13.8 Å². The van der Waals surface area contributed by atoms with Crippen LogP contribution in [0.25, 0.3) is 0 Å². The molecule has 0 aromatic carbocycles. The Balaban J connectivity index is 1.67. The molecule has 0 spiro atoms. The molecule has 4 nitrogen and oxygen atoms in total. The molecule has 3 fully saturated rings. The number of hydrogen-bond acceptors (Lipinski definition) is 4. The van der Waals surface area contributed by atoms with Gasteiger partial charge in [-0.05, 0) is 93.1 Å². The van der Waals surface area contributed by atoms with Crippen LogP contribution >= 0.6 is 0 Å². The van der Waals surface area contributed by atoms with E-state index in [1.54, 1.807) is 0 Å². The molecule has 6 atom stereocenters. The lowest BCUT2D eigenvalue weighted by atomic mass is 9.62. The molecule has 0 aromatic heterocycles. The minimum Gasteiger partial charge on any atom is -0.393 e. The van der Waals surface area contributed by atoms with Crippen molar-refractivity contribution in [3.8, 4) is 0 Å². The van der Waals surface area contributed by atoms with E-state index in [4.69, 9.17) is 4.74 Å². The Morgan fingerprint density at radius 3 is 2.62 bits per heavy atom. The third-order valence-corrected chi connectivity index (χ3v) is 9.13. The van der Waals surface area contributed by atoms with Crippen molar-refractivity contribution in [2.45, 2.75) is 116 Å². The number of hydrogen-bond donors (Lipinski definition) is 3. The minimum absolute atomic E-state index is 0.198. The van der Waals surface area contributed by atoms with Crippen LogP contribution in [-0.2, 0) is 4.74 Å². The quantitative estimate of drug-likeness (QED) is 0.462. The summed E-state index contributed by atoms with van der Waals surface area (Å²) >= 11 is 0. The molecule has 0 bridgehead atoms. The molecule has 0 unspecified atom stereocenters. The van der Waals surface area contributed by atoms with Crippen LogP contribution in [-0.4, -0.2) is 45.8 Å². The highest BCUT2D eigenvalue weighted by atomic mass is 16.5. The Morgan fingerprint density at radius 2 is 1.94 bits per heavy atom. The molecule has 0 amide bonds. The van der Waals surface area contributed by atoms with Gasteiger partial charge >= 0.3 is 0 Å². The summed E-state index contributed by atoms with van der Waals surface area (Å²) in [5, 5.41) is 30.8. The van der Waals surface area contributed by atoms with E-state index in [1.165, 1.54) is 31.3 Å². The van der Waals surface area contributed by atoms with Gasteiger partial charge in [0, 0.05) is 13.0 Å². The molecule has 3 aliphatic rings. The fourth-order valence-corrected chi connectivity index (χ4v) is 6.67. The van der Waals surface area contributed by atoms with E-state index < -0.39 is 17.8 Å². The fourth-order valence-electron chi connectivity index (χ4n) is 6.67. The Kier molecular flexibility index (Phi) is 8.46. The first-order valence-corrected chi connectivity index (χ1v) is 12.9. The third-order valence-electron chi connectivity index (χ3n) is 9.13. The molecule has 3 N–H and O–H groups in total. The molecule has 0 heterocycles. The van der Waals surface area contributed by atoms with Gasteiger partial charge in [0.1, 0.15) is 0 Å². The number of allylic oxidation sites excluding steroid dienone is 3. The van der Waals surface area contributed by atoms with Gasteiger partial charge in [-0.3, -0.25) is 0 Å². The summed E-state index contributed by atoms with van der Waals surface area (Å²) in [5.74, 6) is 1.10. The molecule has 3 rings (SSSR count). The molecule has 0 saturated heterocycles. The topological polar surface area (TPSA) is 69.9 Å². The van der Waals surface area contributed by atoms with Gasteiger partial charge in [0.05, 0.1) is 23.9 Å². The van der Waals surface area contributed by atoms with Crippen molar-refractivity contribution in [1.82, 2.24) is 0 Å². The highest BCUT2D eigenvalue weighted by molar-refractivity contribution is 5.38. The Morgan fingerprint density at radius 1 is 1.22 bits per heavy atom. The Bertz CT molecular complexity index is 719. The maximum absolute atomic E-state index is 10.6. The van der Waals surface area contributed by atoms with E-state index in [0.29, 0.717) is 37.7 Å². The smallest absolute Gasteiger partial charge is 0.0811 e. The van der Waals surface area contributed by atoms with E-state index in [9.17, 15) is 15.3 Å². The second-order valence-corrected chi connectivity index (χ2v) is 10.9. The van der Waals surface area contributed by atoms with Crippen LogP contribution in [0.4, 0.5) is 0 Å². The van der Waals surface area contributed by atoms with Gasteiger partial charge in [-0.25, -0.2) is 0 Å². The summed E-state index contributed by atoms with van der Waals surface area (Å²) in [6.07, 6.45) is 12.6. The molecule has 3 aliphatic carbocycles. The highest BCUT2D eigenvalue weighted by Crippen LogP contribution is 2.58. The average Bonchev–Trinajstić information content (AvgIpc) is 3.12. The minimum atomic E-state index is -0.632. The summed E-state index contributed by atoms with van der Waals surface area (Å²) in [7, 11) is 0. The molecule has 0 aliphatic heterocycles. The van der Waals surface area contributed by atoms with Gasteiger partial charge in [0.2, 0.25) is 0 Å². The normalized spacial score (nSPS) is 37.2. The van der Waals surface area contributed by atoms with E-state index in [2.05, 4.69) is 32.6 Å². The van der Waals surface area contributed by atoms with Gasteiger partial charge in [-0.1, -0.05) is 45.1 Å². The Hall–Kier alpha value is -0.940. The van der Waals surface area contributed by atoms with Crippen LogP contribution in [0.15, 0.2) is 35.5 Å². The molecule has 0 radical (unpaired) electrons. The molecule has 3 saturated carbocycles. The van der Waals surface area contributed by atoms with Crippen molar-refractivity contribution in [2.75, 3.05) is 6.61 Å². The zero-order valence-corrected chi connectivity index (χ0v) is 20.8. The first-order chi connectivity index (χ1) is 15.1. The lowest BCUT2D eigenvalue weighted by Crippen LogP contribution is -2.39. The van der Waals surface area contributed by atoms with Crippen molar-refractivity contribution in [3.63, 3.8) is 0 Å². The van der Waals surface area contributed by atoms with Crippen LogP contribution in [0.5, 0.6) is 0 Å². The number of ether oxygens (including phenoxy) is 1. The second kappa shape index (κ2) is 10.5. The molecular weight excluding hydrogens is 400 g/mol. The molecule has 0 aromatic rings. The van der Waals surface area contributed by atoms with Crippen molar-refractivity contribution in [1.29, 1.82) is 0 Å². The maximum Gasteiger partial charge on any atom is 0.0811 e. The predicted octanol–water partition coefficient (Wildman–Crippen LogP) is 5.47. The van der Waals surface area contributed by atoms with E-state index >= 15 is 0 Å². The largest absolute Gasteiger partial charge is 0.393 e. The average molecular weight is 447 g/mol. The van der Waals surface area contributed by atoms with Crippen LogP contribution < -0.4 is 0 Å². The lowest BCUT2D eigenvalue weighted by molar-refractivity contribution is -0.0559. The van der Waals surface area contributed by atoms with Crippen LogP contribution in [0.1, 0.15) is 91.9 Å². The van der Waals surface area contributed by atoms with E-state index in [-0.39, 0.29) is 11.5 Å². The standard InChI is InChI=1S/C28H46O4/c1-6-28(31,7-2)15-16-32-20(4)24-12-13-25-21(9-8-14-27(24,25)5)10-11-22-17-23(29)18-26(30)19(22)3/h10-11,20,23-26,29-31H,3,6-9,12-18H2,1-2,4-5H3/b21-10+,22-11-/t20-,23-,24-,25+,26+,27-/m1/s1. The van der Waals surface area contributed by atoms with Gasteiger partial charge in [0.15, 0.2) is 0 Å². The first-order valence-electron chi connectivity index (χ1n) is 12.9. The Labute approximate surface area is 195 Å². The molecular formula is C28H46O4. The molecule has 32 heavy (non-hydrogen) atoms. The summed E-state index contributed by atoms with van der Waals surface area (Å²) in [6.45, 7) is 13.5. The number of fused-ring (bicyclic) bond motifs is 1. The number of aliphatic hydroxyl groups is 3. The van der Waals surface area contributed by atoms with Crippen molar-refractivity contribution >= 4 is 0 Å². The van der Waals surface area contributed by atoms with Gasteiger partial charge in [0.25, 0.3) is 0 Å². The van der Waals surface area contributed by atoms with Crippen LogP contribution in [0, 0.1) is 17.3 Å². The van der Waals surface area contributed by atoms with Crippen molar-refractivity contribution in [2.24, 2.45) is 17.3 Å². The molecule has 182 valence electrons. The zero-order valence-electron chi connectivity index (χ0n) is 20.8. The summed E-state index contributed by atoms with van der Waals surface area (Å²) in [5.41, 5.74) is 2.91. The number of rotatable bonds is 8. The third kappa shape index (κ3) is 5.41. The zero-order chi connectivity index (χ0) is 23.5. The van der Waals surface area contributed by atoms with Gasteiger partial charge in [-0.2, -0.15) is 0 Å². The first kappa shape index (κ1) is 25.7. The predicted molar refractivity (Wildman–Crippen MR) is 130 cm³/mol. The fraction of sp³-hybridized carbons (Fsp3) is 0.786. The number of aliphatic hydroxyl groups excluding tert-OH is 2. The highest BCUT2D eigenvalue weighted by Gasteiger charge is 2.51. The van der Waals surface area contributed by atoms with Gasteiger partial charge in [-0.15, -0.1) is 0 Å². The van der Waals surface area contributed by atoms with Crippen molar-refractivity contribution < 1.29 is 20.1 Å². The molecule has 4 heteroatoms. The second-order valence-electron chi connectivity index (χ2n) is 10.9. The summed E-state index contributed by atoms with van der Waals surface area (Å²) < 4.78 is 6.31. The lowest BCUT2D eigenvalue weighted by Gasteiger charge is -2.44. The van der Waals surface area contributed by atoms with Crippen molar-refractivity contribution in [3.05, 3.63) is 35.5 Å². The monoisotopic (exact) mass is 446 g/mol. The SMILES string of the molecule is C=C1/C(=C\C=C2/CCC[C@]3(C)[C@@H]([C@@H](C)OCCC(O)(CC)CC)CC[C@@H]23)C[C@@H](O)C[C@@H]1O. The maximum atomic E-state index is 10.6. The van der Waals surface area contributed by atoms with E-state index in [0.717, 1.165) is 30.4 Å². The summed E-state index contributed by atoms with van der Waals surface area (Å²) in [4.78, 5) is 0.